The van der Waals surface area contributed by atoms with Gasteiger partial charge in [-0.3, -0.25) is 9.59 Å². The van der Waals surface area contributed by atoms with E-state index in [4.69, 9.17) is 5.11 Å². The summed E-state index contributed by atoms with van der Waals surface area (Å²) in [6.07, 6.45) is 0.484. The van der Waals surface area contributed by atoms with E-state index in [9.17, 15) is 9.59 Å². The number of thiophene rings is 1. The summed E-state index contributed by atoms with van der Waals surface area (Å²) in [6.45, 7) is 0.684. The quantitative estimate of drug-likeness (QED) is 0.769. The number of benzene rings is 1. The molecule has 3 aromatic rings. The Bertz CT molecular complexity index is 934. The van der Waals surface area contributed by atoms with Crippen LogP contribution in [0.5, 0.6) is 0 Å². The summed E-state index contributed by atoms with van der Waals surface area (Å²) >= 11 is 1.58. The van der Waals surface area contributed by atoms with Crippen molar-refractivity contribution in [3.63, 3.8) is 0 Å². The van der Waals surface area contributed by atoms with Gasteiger partial charge in [-0.2, -0.15) is 5.10 Å². The molecular weight excluding hydrogens is 350 g/mol. The third kappa shape index (κ3) is 3.01. The molecule has 1 aliphatic rings. The van der Waals surface area contributed by atoms with Crippen LogP contribution in [-0.2, 0) is 4.79 Å². The number of hydrogen-bond donors (Lipinski definition) is 1. The first-order valence-corrected chi connectivity index (χ1v) is 9.23. The number of rotatable bonds is 4. The lowest BCUT2D eigenvalue weighted by molar-refractivity contribution is -0.141. The molecule has 1 saturated heterocycles. The van der Waals surface area contributed by atoms with E-state index in [1.807, 2.05) is 47.8 Å². The van der Waals surface area contributed by atoms with Crippen molar-refractivity contribution in [3.05, 3.63) is 59.6 Å². The van der Waals surface area contributed by atoms with Crippen LogP contribution in [0.4, 0.5) is 0 Å². The Kier molecular flexibility index (Phi) is 4.30. The van der Waals surface area contributed by atoms with Crippen molar-refractivity contribution >= 4 is 23.2 Å². The van der Waals surface area contributed by atoms with Crippen LogP contribution < -0.4 is 0 Å². The highest BCUT2D eigenvalue weighted by Crippen LogP contribution is 2.29. The van der Waals surface area contributed by atoms with Crippen molar-refractivity contribution in [2.24, 2.45) is 5.92 Å². The fourth-order valence-electron chi connectivity index (χ4n) is 3.16. The van der Waals surface area contributed by atoms with Gasteiger partial charge in [0, 0.05) is 13.1 Å². The van der Waals surface area contributed by atoms with E-state index in [1.165, 1.54) is 0 Å². The van der Waals surface area contributed by atoms with E-state index >= 15 is 0 Å². The summed E-state index contributed by atoms with van der Waals surface area (Å²) < 4.78 is 1.77. The van der Waals surface area contributed by atoms with Crippen LogP contribution >= 0.6 is 11.3 Å². The summed E-state index contributed by atoms with van der Waals surface area (Å²) in [4.78, 5) is 26.6. The Morgan fingerprint density at radius 3 is 2.62 bits per heavy atom. The van der Waals surface area contributed by atoms with Crippen molar-refractivity contribution in [1.82, 2.24) is 14.7 Å². The molecule has 26 heavy (non-hydrogen) atoms. The van der Waals surface area contributed by atoms with Crippen LogP contribution in [0.3, 0.4) is 0 Å². The molecule has 3 heterocycles. The summed E-state index contributed by atoms with van der Waals surface area (Å²) in [5, 5.41) is 15.7. The van der Waals surface area contributed by atoms with E-state index in [0.29, 0.717) is 18.7 Å². The van der Waals surface area contributed by atoms with Gasteiger partial charge in [-0.1, -0.05) is 24.3 Å². The van der Waals surface area contributed by atoms with Crippen molar-refractivity contribution in [1.29, 1.82) is 0 Å². The van der Waals surface area contributed by atoms with Gasteiger partial charge in [-0.15, -0.1) is 11.3 Å². The summed E-state index contributed by atoms with van der Waals surface area (Å²) in [5.41, 5.74) is 2.06. The summed E-state index contributed by atoms with van der Waals surface area (Å²) in [5.74, 6) is -1.57. The maximum Gasteiger partial charge on any atom is 0.308 e. The molecule has 0 unspecified atom stereocenters. The highest BCUT2D eigenvalue weighted by Gasteiger charge is 2.32. The fourth-order valence-corrected chi connectivity index (χ4v) is 3.89. The molecular formula is C19H17N3O3S. The second-order valence-electron chi connectivity index (χ2n) is 6.21. The maximum atomic E-state index is 12.8. The lowest BCUT2D eigenvalue weighted by atomic mass is 10.1. The zero-order valence-corrected chi connectivity index (χ0v) is 14.7. The van der Waals surface area contributed by atoms with E-state index in [1.54, 1.807) is 27.0 Å². The van der Waals surface area contributed by atoms with Crippen LogP contribution in [0, 0.1) is 5.92 Å². The zero-order chi connectivity index (χ0) is 18.1. The highest BCUT2D eigenvalue weighted by atomic mass is 32.1. The molecule has 4 rings (SSSR count). The average molecular weight is 367 g/mol. The first-order chi connectivity index (χ1) is 12.6. The second-order valence-corrected chi connectivity index (χ2v) is 7.16. The molecule has 1 fully saturated rings. The van der Waals surface area contributed by atoms with Crippen LogP contribution in [0.1, 0.15) is 16.9 Å². The minimum absolute atomic E-state index is 0.221. The van der Waals surface area contributed by atoms with E-state index < -0.39 is 11.9 Å². The molecule has 7 heteroatoms. The number of aromatic nitrogens is 2. The van der Waals surface area contributed by atoms with Gasteiger partial charge >= 0.3 is 5.97 Å². The van der Waals surface area contributed by atoms with Gasteiger partial charge in [0.15, 0.2) is 5.69 Å². The SMILES string of the molecule is O=C(O)[C@@H]1CCN(C(=O)c2cc(-c3cccs3)n(-c3ccccc3)n2)C1. The number of carbonyl (C=O) groups is 2. The Balaban J connectivity index is 1.70. The number of carboxylic acid groups (broad SMARTS) is 1. The third-order valence-corrected chi connectivity index (χ3v) is 5.42. The van der Waals surface area contributed by atoms with Crippen LogP contribution in [0.2, 0.25) is 0 Å². The molecule has 132 valence electrons. The fraction of sp³-hybridized carbons (Fsp3) is 0.211. The maximum absolute atomic E-state index is 12.8. The van der Waals surface area contributed by atoms with Crippen LogP contribution in [0.25, 0.3) is 16.3 Å². The van der Waals surface area contributed by atoms with E-state index in [0.717, 1.165) is 16.3 Å². The number of hydrogen-bond acceptors (Lipinski definition) is 4. The molecule has 1 aromatic carbocycles. The Morgan fingerprint density at radius 2 is 1.96 bits per heavy atom. The van der Waals surface area contributed by atoms with Crippen molar-refractivity contribution in [2.45, 2.75) is 6.42 Å². The minimum Gasteiger partial charge on any atom is -0.481 e. The largest absolute Gasteiger partial charge is 0.481 e. The third-order valence-electron chi connectivity index (χ3n) is 4.53. The highest BCUT2D eigenvalue weighted by molar-refractivity contribution is 7.13. The molecule has 0 bridgehead atoms. The number of carbonyl (C=O) groups excluding carboxylic acids is 1. The van der Waals surface area contributed by atoms with Gasteiger partial charge in [0.05, 0.1) is 22.2 Å². The minimum atomic E-state index is -0.852. The molecule has 0 spiro atoms. The predicted molar refractivity (Wildman–Crippen MR) is 98.5 cm³/mol. The van der Waals surface area contributed by atoms with Gasteiger partial charge < -0.3 is 10.0 Å². The number of nitrogens with zero attached hydrogens (tertiary/aromatic N) is 3. The standard InChI is InChI=1S/C19H17N3O3S/c23-18(21-9-8-13(12-21)19(24)25)15-11-16(17-7-4-10-26-17)22(20-15)14-5-2-1-3-6-14/h1-7,10-11,13H,8-9,12H2,(H,24,25)/t13-/m1/s1. The van der Waals surface area contributed by atoms with Crippen molar-refractivity contribution in [2.75, 3.05) is 13.1 Å². The van der Waals surface area contributed by atoms with Gasteiger partial charge in [-0.05, 0) is 36.1 Å². The average Bonchev–Trinajstić information content (AvgIpc) is 3.41. The molecule has 1 N–H and O–H groups in total. The molecule has 0 radical (unpaired) electrons. The molecule has 6 nitrogen and oxygen atoms in total. The number of amides is 1. The number of carboxylic acids is 1. The number of aliphatic carboxylic acids is 1. The molecule has 1 atom stereocenters. The molecule has 1 amide bonds. The lowest BCUT2D eigenvalue weighted by Gasteiger charge is -2.13. The predicted octanol–water partition coefficient (Wildman–Crippen LogP) is 3.15. The van der Waals surface area contributed by atoms with Crippen LogP contribution in [0.15, 0.2) is 53.9 Å². The van der Waals surface area contributed by atoms with Gasteiger partial charge in [0.25, 0.3) is 5.91 Å². The first kappa shape index (κ1) is 16.5. The van der Waals surface area contributed by atoms with Gasteiger partial charge in [-0.25, -0.2) is 4.68 Å². The van der Waals surface area contributed by atoms with Gasteiger partial charge in [0.2, 0.25) is 0 Å². The Morgan fingerprint density at radius 1 is 1.15 bits per heavy atom. The number of likely N-dealkylation sites (tertiary alicyclic amines) is 1. The smallest absolute Gasteiger partial charge is 0.308 e. The van der Waals surface area contributed by atoms with E-state index in [2.05, 4.69) is 5.10 Å². The first-order valence-electron chi connectivity index (χ1n) is 8.35. The van der Waals surface area contributed by atoms with Crippen LogP contribution in [-0.4, -0.2) is 44.8 Å². The molecule has 1 aliphatic heterocycles. The molecule has 0 saturated carbocycles. The normalized spacial score (nSPS) is 16.8. The lowest BCUT2D eigenvalue weighted by Crippen LogP contribution is -2.30. The Hall–Kier alpha value is -2.93. The summed E-state index contributed by atoms with van der Waals surface area (Å²) in [6, 6.07) is 15.4. The molecule has 0 aliphatic carbocycles. The second kappa shape index (κ2) is 6.76. The van der Waals surface area contributed by atoms with Crippen molar-refractivity contribution in [3.8, 4) is 16.3 Å². The summed E-state index contributed by atoms with van der Waals surface area (Å²) in [7, 11) is 0. The Labute approximate surface area is 154 Å². The monoisotopic (exact) mass is 367 g/mol. The zero-order valence-electron chi connectivity index (χ0n) is 13.9. The molecule has 2 aromatic heterocycles. The van der Waals surface area contributed by atoms with Crippen molar-refractivity contribution < 1.29 is 14.7 Å². The number of para-hydroxylation sites is 1. The topological polar surface area (TPSA) is 75.4 Å². The van der Waals surface area contributed by atoms with Gasteiger partial charge in [0.1, 0.15) is 0 Å². The van der Waals surface area contributed by atoms with E-state index in [-0.39, 0.29) is 12.5 Å².